The first kappa shape index (κ1) is 30.3. The molecule has 3 aromatic heterocycles. The third-order valence-electron chi connectivity index (χ3n) is 6.94. The molecule has 43 heavy (non-hydrogen) atoms. The first-order valence-corrected chi connectivity index (χ1v) is 15.7. The Morgan fingerprint density at radius 2 is 2.05 bits per heavy atom. The fourth-order valence-electron chi connectivity index (χ4n) is 4.53. The summed E-state index contributed by atoms with van der Waals surface area (Å²) in [5.74, 6) is -0.787. The van der Waals surface area contributed by atoms with Crippen LogP contribution in [0.15, 0.2) is 47.3 Å². The molecule has 5 rings (SSSR count). The number of aliphatic hydroxyl groups is 1. The highest BCUT2D eigenvalue weighted by atomic mass is 32.1. The van der Waals surface area contributed by atoms with Crippen LogP contribution in [-0.4, -0.2) is 86.1 Å². The van der Waals surface area contributed by atoms with Crippen LogP contribution in [-0.2, 0) is 17.8 Å². The Labute approximate surface area is 256 Å². The van der Waals surface area contributed by atoms with Crippen molar-refractivity contribution in [1.29, 1.82) is 0 Å². The molecular formula is C29H33N7O5S2. The number of benzene rings is 1. The number of rotatable bonds is 3. The van der Waals surface area contributed by atoms with Gasteiger partial charge in [-0.05, 0) is 43.0 Å². The molecule has 12 nitrogen and oxygen atoms in total. The highest BCUT2D eigenvalue weighted by Gasteiger charge is 2.27. The van der Waals surface area contributed by atoms with Gasteiger partial charge in [0.1, 0.15) is 22.5 Å². The number of thiazole rings is 1. The number of nitrogens with zero attached hydrogens (tertiary/aromatic N) is 5. The second kappa shape index (κ2) is 13.9. The minimum atomic E-state index is -1.20. The van der Waals surface area contributed by atoms with Crippen molar-refractivity contribution in [2.75, 3.05) is 26.2 Å². The van der Waals surface area contributed by atoms with Crippen LogP contribution in [0.2, 0.25) is 0 Å². The number of hydrogen-bond acceptors (Lipinski definition) is 10. The van der Waals surface area contributed by atoms with Crippen LogP contribution in [0.3, 0.4) is 0 Å². The summed E-state index contributed by atoms with van der Waals surface area (Å²) >= 11 is 2.95. The Bertz CT molecular complexity index is 1570. The average Bonchev–Trinajstić information content (AvgIpc) is 3.78. The van der Waals surface area contributed by atoms with Crippen LogP contribution in [0.1, 0.15) is 45.4 Å². The molecule has 2 atom stereocenters. The van der Waals surface area contributed by atoms with E-state index in [1.807, 2.05) is 30.6 Å². The number of carbonyl (C=O) groups is 3. The summed E-state index contributed by atoms with van der Waals surface area (Å²) in [6, 6.07) is 7.73. The smallest absolute Gasteiger partial charge is 0.273 e. The number of amides is 3. The van der Waals surface area contributed by atoms with E-state index in [1.165, 1.54) is 18.3 Å². The Hall–Kier alpha value is -4.14. The normalized spacial score (nSPS) is 17.8. The SMILES string of the molecule is Cc1ccc2cc1OCCCn1cc(nn1)CCN(C(=O)c1csc(-c3cccs3)n1)CCNC(=O)[C@H]([C@@H](C)O)NC2=O. The third-order valence-corrected chi connectivity index (χ3v) is 8.82. The highest BCUT2D eigenvalue weighted by Crippen LogP contribution is 2.28. The topological polar surface area (TPSA) is 152 Å². The van der Waals surface area contributed by atoms with E-state index in [0.29, 0.717) is 49.5 Å². The summed E-state index contributed by atoms with van der Waals surface area (Å²) < 4.78 is 7.68. The van der Waals surface area contributed by atoms with Crippen molar-refractivity contribution >= 4 is 40.4 Å². The first-order valence-electron chi connectivity index (χ1n) is 14.0. The summed E-state index contributed by atoms with van der Waals surface area (Å²) in [5.41, 5.74) is 2.22. The van der Waals surface area contributed by atoms with Crippen LogP contribution in [0, 0.1) is 6.92 Å². The molecule has 4 bridgehead atoms. The molecule has 0 radical (unpaired) electrons. The number of aryl methyl sites for hydroxylation is 2. The minimum Gasteiger partial charge on any atom is -0.493 e. The van der Waals surface area contributed by atoms with Gasteiger partial charge in [0.15, 0.2) is 0 Å². The largest absolute Gasteiger partial charge is 0.493 e. The maximum Gasteiger partial charge on any atom is 0.273 e. The van der Waals surface area contributed by atoms with Crippen molar-refractivity contribution in [1.82, 2.24) is 35.5 Å². The van der Waals surface area contributed by atoms with Crippen LogP contribution >= 0.6 is 22.7 Å². The molecular weight excluding hydrogens is 590 g/mol. The van der Waals surface area contributed by atoms with E-state index >= 15 is 0 Å². The fourth-order valence-corrected chi connectivity index (χ4v) is 6.14. The lowest BCUT2D eigenvalue weighted by atomic mass is 10.1. The molecule has 0 unspecified atom stereocenters. The zero-order chi connectivity index (χ0) is 30.3. The van der Waals surface area contributed by atoms with Crippen LogP contribution in [0.4, 0.5) is 0 Å². The van der Waals surface area contributed by atoms with E-state index in [1.54, 1.807) is 44.5 Å². The molecule has 1 aliphatic heterocycles. The maximum absolute atomic E-state index is 13.6. The molecule has 3 amide bonds. The number of hydrogen-bond donors (Lipinski definition) is 3. The number of ether oxygens (including phenoxy) is 1. The third kappa shape index (κ3) is 7.63. The van der Waals surface area contributed by atoms with Gasteiger partial charge in [-0.25, -0.2) is 4.98 Å². The number of carbonyl (C=O) groups excluding carboxylic acids is 3. The standard InChI is InChI=1S/C29H33N7O5S2/c1-18-6-7-20-15-23(18)41-13-4-10-36-16-21(33-34-36)8-11-35(12-9-30-27(39)25(19(2)37)32-26(20)38)29(40)22-17-43-28(31-22)24-5-3-14-42-24/h3,5-7,14-17,19,25,37H,4,8-13H2,1-2H3,(H,30,39)(H,32,38)/t19-,25+/m1/s1. The van der Waals surface area contributed by atoms with Gasteiger partial charge in [0, 0.05) is 56.2 Å². The highest BCUT2D eigenvalue weighted by molar-refractivity contribution is 7.20. The second-order valence-electron chi connectivity index (χ2n) is 10.2. The molecule has 1 aliphatic rings. The number of fused-ring (bicyclic) bond motifs is 4. The van der Waals surface area contributed by atoms with E-state index in [2.05, 4.69) is 25.9 Å². The van der Waals surface area contributed by atoms with Crippen molar-refractivity contribution in [2.24, 2.45) is 0 Å². The van der Waals surface area contributed by atoms with Gasteiger partial charge in [0.05, 0.1) is 23.3 Å². The lowest BCUT2D eigenvalue weighted by Crippen LogP contribution is -2.53. The van der Waals surface area contributed by atoms with Gasteiger partial charge < -0.3 is 25.4 Å². The van der Waals surface area contributed by atoms with Crippen LogP contribution < -0.4 is 15.4 Å². The molecule has 0 fully saturated rings. The van der Waals surface area contributed by atoms with Gasteiger partial charge in [-0.1, -0.05) is 17.3 Å². The molecule has 3 N–H and O–H groups in total. The van der Waals surface area contributed by atoms with Gasteiger partial charge in [-0.2, -0.15) is 0 Å². The Balaban J connectivity index is 1.35. The zero-order valence-electron chi connectivity index (χ0n) is 23.9. The van der Waals surface area contributed by atoms with Crippen molar-refractivity contribution in [3.8, 4) is 15.6 Å². The van der Waals surface area contributed by atoms with Crippen molar-refractivity contribution in [3.63, 3.8) is 0 Å². The van der Waals surface area contributed by atoms with Crippen molar-refractivity contribution < 1.29 is 24.2 Å². The van der Waals surface area contributed by atoms with Crippen molar-refractivity contribution in [2.45, 2.75) is 45.4 Å². The Kier molecular flexibility index (Phi) is 9.79. The molecule has 0 aliphatic carbocycles. The van der Waals surface area contributed by atoms with E-state index in [0.717, 1.165) is 21.1 Å². The second-order valence-corrected chi connectivity index (χ2v) is 12.0. The average molecular weight is 624 g/mol. The summed E-state index contributed by atoms with van der Waals surface area (Å²) in [4.78, 5) is 46.8. The van der Waals surface area contributed by atoms with Gasteiger partial charge in [0.25, 0.3) is 11.8 Å². The summed E-state index contributed by atoms with van der Waals surface area (Å²) in [5, 5.41) is 28.7. The molecule has 0 spiro atoms. The minimum absolute atomic E-state index is 0.0980. The van der Waals surface area contributed by atoms with Gasteiger partial charge in [-0.3, -0.25) is 19.1 Å². The van der Waals surface area contributed by atoms with Crippen LogP contribution in [0.25, 0.3) is 9.88 Å². The lowest BCUT2D eigenvalue weighted by Gasteiger charge is -2.24. The zero-order valence-corrected chi connectivity index (χ0v) is 25.5. The number of thiophene rings is 1. The predicted octanol–water partition coefficient (Wildman–Crippen LogP) is 2.53. The molecule has 4 aromatic rings. The van der Waals surface area contributed by atoms with E-state index in [4.69, 9.17) is 4.74 Å². The summed E-state index contributed by atoms with van der Waals surface area (Å²) in [6.07, 6.45) is 1.80. The fraction of sp³-hybridized carbons (Fsp3) is 0.379. The monoisotopic (exact) mass is 623 g/mol. The molecule has 226 valence electrons. The summed E-state index contributed by atoms with van der Waals surface area (Å²) in [7, 11) is 0. The van der Waals surface area contributed by atoms with Gasteiger partial charge in [0.2, 0.25) is 5.91 Å². The van der Waals surface area contributed by atoms with Crippen molar-refractivity contribution in [3.05, 3.63) is 69.8 Å². The molecule has 14 heteroatoms. The maximum atomic E-state index is 13.6. The first-order chi connectivity index (χ1) is 20.8. The quantitative estimate of drug-likeness (QED) is 0.315. The molecule has 0 saturated carbocycles. The lowest BCUT2D eigenvalue weighted by molar-refractivity contribution is -0.125. The molecule has 4 heterocycles. The molecule has 0 saturated heterocycles. The number of nitrogens with one attached hydrogen (secondary N) is 2. The molecule has 1 aromatic carbocycles. The van der Waals surface area contributed by atoms with Crippen LogP contribution in [0.5, 0.6) is 5.75 Å². The Morgan fingerprint density at radius 1 is 1.19 bits per heavy atom. The van der Waals surface area contributed by atoms with E-state index in [9.17, 15) is 19.5 Å². The number of aromatic nitrogens is 4. The van der Waals surface area contributed by atoms with E-state index < -0.39 is 24.0 Å². The predicted molar refractivity (Wildman–Crippen MR) is 162 cm³/mol. The van der Waals surface area contributed by atoms with E-state index in [-0.39, 0.29) is 19.0 Å². The Morgan fingerprint density at radius 3 is 2.84 bits per heavy atom. The van der Waals surface area contributed by atoms with Gasteiger partial charge >= 0.3 is 0 Å². The summed E-state index contributed by atoms with van der Waals surface area (Å²) in [6.45, 7) is 4.90. The number of aliphatic hydroxyl groups excluding tert-OH is 1. The van der Waals surface area contributed by atoms with Gasteiger partial charge in [-0.15, -0.1) is 27.8 Å².